The first-order chi connectivity index (χ1) is 13.0. The minimum atomic E-state index is 0.445. The van der Waals surface area contributed by atoms with E-state index < -0.39 is 0 Å². The molecule has 0 spiro atoms. The Morgan fingerprint density at radius 1 is 1.19 bits per heavy atom. The van der Waals surface area contributed by atoms with E-state index in [1.165, 1.54) is 5.56 Å². The van der Waals surface area contributed by atoms with Gasteiger partial charge < -0.3 is 14.9 Å². The summed E-state index contributed by atoms with van der Waals surface area (Å²) in [6.45, 7) is 4.81. The number of aryl methyl sites for hydroxylation is 2. The van der Waals surface area contributed by atoms with Gasteiger partial charge in [0, 0.05) is 11.1 Å². The fourth-order valence-electron chi connectivity index (χ4n) is 2.64. The molecule has 0 radical (unpaired) electrons. The molecule has 0 fully saturated rings. The van der Waals surface area contributed by atoms with Crippen molar-refractivity contribution in [1.82, 2.24) is 14.9 Å². The number of aromatic nitrogens is 3. The molecule has 3 aromatic rings. The normalized spacial score (nSPS) is 10.7. The van der Waals surface area contributed by atoms with Crippen molar-refractivity contribution >= 4 is 23.8 Å². The molecule has 0 saturated heterocycles. The van der Waals surface area contributed by atoms with Crippen LogP contribution < -0.4 is 14.9 Å². The van der Waals surface area contributed by atoms with E-state index in [4.69, 9.17) is 33.3 Å². The molecule has 27 heavy (non-hydrogen) atoms. The van der Waals surface area contributed by atoms with Crippen LogP contribution in [0.1, 0.15) is 22.5 Å². The van der Waals surface area contributed by atoms with Gasteiger partial charge in [-0.3, -0.25) is 5.10 Å². The molecule has 0 bridgehead atoms. The Balaban J connectivity index is 1.76. The van der Waals surface area contributed by atoms with Crippen LogP contribution in [0.2, 0.25) is 5.02 Å². The van der Waals surface area contributed by atoms with E-state index >= 15 is 0 Å². The van der Waals surface area contributed by atoms with Crippen LogP contribution in [0.3, 0.4) is 0 Å². The standard InChI is InChI=1S/C19H21ClN4O2S/c1-12-6-4-5-7-14(12)11-26-18-9-16(20)15(8-17(18)25-3)10-21-24-13(2)22-23-19(24)27/h4-9,21H,10-11H2,1-3H3,(H,23,27). The van der Waals surface area contributed by atoms with Crippen molar-refractivity contribution in [2.75, 3.05) is 12.5 Å². The fourth-order valence-corrected chi connectivity index (χ4v) is 3.10. The first-order valence-corrected chi connectivity index (χ1v) is 9.20. The molecule has 2 N–H and O–H groups in total. The Kier molecular flexibility index (Phi) is 6.03. The predicted molar refractivity (Wildman–Crippen MR) is 109 cm³/mol. The number of nitrogens with one attached hydrogen (secondary N) is 2. The van der Waals surface area contributed by atoms with Gasteiger partial charge in [-0.25, -0.2) is 4.68 Å². The maximum Gasteiger partial charge on any atom is 0.214 e. The number of halogens is 1. The highest BCUT2D eigenvalue weighted by Crippen LogP contribution is 2.34. The molecule has 0 aliphatic heterocycles. The molecule has 3 rings (SSSR count). The van der Waals surface area contributed by atoms with Gasteiger partial charge in [-0.1, -0.05) is 35.9 Å². The van der Waals surface area contributed by atoms with Crippen LogP contribution in [-0.4, -0.2) is 22.0 Å². The smallest absolute Gasteiger partial charge is 0.214 e. The number of hydrogen-bond acceptors (Lipinski definition) is 5. The quantitative estimate of drug-likeness (QED) is 0.566. The van der Waals surface area contributed by atoms with Gasteiger partial charge in [-0.2, -0.15) is 5.10 Å². The summed E-state index contributed by atoms with van der Waals surface area (Å²) in [5.41, 5.74) is 6.35. The van der Waals surface area contributed by atoms with Crippen molar-refractivity contribution in [1.29, 1.82) is 0 Å². The van der Waals surface area contributed by atoms with Crippen LogP contribution in [0, 0.1) is 18.6 Å². The third-order valence-electron chi connectivity index (χ3n) is 4.24. The summed E-state index contributed by atoms with van der Waals surface area (Å²) in [4.78, 5) is 0. The first-order valence-electron chi connectivity index (χ1n) is 8.41. The Morgan fingerprint density at radius 2 is 1.96 bits per heavy atom. The summed E-state index contributed by atoms with van der Waals surface area (Å²) < 4.78 is 13.6. The maximum atomic E-state index is 6.46. The zero-order valence-corrected chi connectivity index (χ0v) is 16.9. The lowest BCUT2D eigenvalue weighted by Gasteiger charge is -2.15. The molecule has 2 aromatic carbocycles. The molecule has 0 amide bonds. The number of benzene rings is 2. The minimum absolute atomic E-state index is 0.445. The summed E-state index contributed by atoms with van der Waals surface area (Å²) in [5, 5.41) is 7.38. The molecule has 0 unspecified atom stereocenters. The van der Waals surface area contributed by atoms with Crippen LogP contribution >= 0.6 is 23.8 Å². The minimum Gasteiger partial charge on any atom is -0.493 e. The predicted octanol–water partition coefficient (Wildman–Crippen LogP) is 4.54. The van der Waals surface area contributed by atoms with Crippen molar-refractivity contribution < 1.29 is 9.47 Å². The number of ether oxygens (including phenoxy) is 2. The summed E-state index contributed by atoms with van der Waals surface area (Å²) in [6.07, 6.45) is 0. The Hall–Kier alpha value is -2.51. The second-order valence-corrected chi connectivity index (χ2v) is 6.85. The number of hydrogen-bond donors (Lipinski definition) is 2. The molecule has 0 atom stereocenters. The summed E-state index contributed by atoms with van der Waals surface area (Å²) in [7, 11) is 1.61. The van der Waals surface area contributed by atoms with Gasteiger partial charge in [0.25, 0.3) is 0 Å². The third kappa shape index (κ3) is 4.43. The van der Waals surface area contributed by atoms with Gasteiger partial charge in [0.15, 0.2) is 11.5 Å². The summed E-state index contributed by atoms with van der Waals surface area (Å²) in [5.74, 6) is 1.96. The van der Waals surface area contributed by atoms with Crippen LogP contribution in [0.25, 0.3) is 0 Å². The molecule has 6 nitrogen and oxygen atoms in total. The SMILES string of the molecule is COc1cc(CNn2c(C)n[nH]c2=S)c(Cl)cc1OCc1ccccc1C. The lowest BCUT2D eigenvalue weighted by atomic mass is 10.1. The highest BCUT2D eigenvalue weighted by atomic mass is 35.5. The van der Waals surface area contributed by atoms with E-state index in [1.54, 1.807) is 17.9 Å². The summed E-state index contributed by atoms with van der Waals surface area (Å²) in [6, 6.07) is 11.7. The first kappa shape index (κ1) is 19.3. The molecular formula is C19H21ClN4O2S. The molecule has 0 aliphatic rings. The zero-order valence-electron chi connectivity index (χ0n) is 15.4. The summed E-state index contributed by atoms with van der Waals surface area (Å²) >= 11 is 11.6. The molecule has 8 heteroatoms. The van der Waals surface area contributed by atoms with E-state index in [9.17, 15) is 0 Å². The number of methoxy groups -OCH3 is 1. The van der Waals surface area contributed by atoms with Crippen molar-refractivity contribution in [3.8, 4) is 11.5 Å². The Bertz CT molecular complexity index is 1000. The van der Waals surface area contributed by atoms with Crippen molar-refractivity contribution in [2.24, 2.45) is 0 Å². The molecule has 1 aromatic heterocycles. The molecular weight excluding hydrogens is 384 g/mol. The van der Waals surface area contributed by atoms with Crippen molar-refractivity contribution in [3.05, 3.63) is 68.7 Å². The number of H-pyrrole nitrogens is 1. The molecule has 1 heterocycles. The fraction of sp³-hybridized carbons (Fsp3) is 0.263. The van der Waals surface area contributed by atoms with Crippen LogP contribution in [0.4, 0.5) is 0 Å². The maximum absolute atomic E-state index is 6.46. The average Bonchev–Trinajstić information content (AvgIpc) is 2.98. The van der Waals surface area contributed by atoms with Crippen LogP contribution in [0.15, 0.2) is 36.4 Å². The largest absolute Gasteiger partial charge is 0.493 e. The lowest BCUT2D eigenvalue weighted by Crippen LogP contribution is -2.16. The average molecular weight is 405 g/mol. The topological polar surface area (TPSA) is 64.1 Å². The van der Waals surface area contributed by atoms with E-state index in [0.717, 1.165) is 17.0 Å². The number of aromatic amines is 1. The van der Waals surface area contributed by atoms with Crippen LogP contribution in [-0.2, 0) is 13.2 Å². The van der Waals surface area contributed by atoms with Gasteiger partial charge in [0.2, 0.25) is 4.77 Å². The lowest BCUT2D eigenvalue weighted by molar-refractivity contribution is 0.283. The molecule has 0 saturated carbocycles. The molecule has 0 aliphatic carbocycles. The van der Waals surface area contributed by atoms with Gasteiger partial charge in [0.05, 0.1) is 13.7 Å². The van der Waals surface area contributed by atoms with E-state index in [1.807, 2.05) is 31.2 Å². The van der Waals surface area contributed by atoms with Gasteiger partial charge in [-0.05, 0) is 48.8 Å². The van der Waals surface area contributed by atoms with Crippen molar-refractivity contribution in [2.45, 2.75) is 27.0 Å². The molecule has 142 valence electrons. The zero-order chi connectivity index (χ0) is 19.4. The van der Waals surface area contributed by atoms with E-state index in [-0.39, 0.29) is 0 Å². The highest BCUT2D eigenvalue weighted by Gasteiger charge is 2.12. The second kappa shape index (κ2) is 8.45. The second-order valence-electron chi connectivity index (χ2n) is 6.06. The van der Waals surface area contributed by atoms with E-state index in [2.05, 4.69) is 28.6 Å². The van der Waals surface area contributed by atoms with Gasteiger partial charge in [-0.15, -0.1) is 0 Å². The van der Waals surface area contributed by atoms with E-state index in [0.29, 0.717) is 34.4 Å². The third-order valence-corrected chi connectivity index (χ3v) is 4.87. The Morgan fingerprint density at radius 3 is 2.63 bits per heavy atom. The monoisotopic (exact) mass is 404 g/mol. The van der Waals surface area contributed by atoms with Crippen molar-refractivity contribution in [3.63, 3.8) is 0 Å². The highest BCUT2D eigenvalue weighted by molar-refractivity contribution is 7.71. The van der Waals surface area contributed by atoms with Crippen LogP contribution in [0.5, 0.6) is 11.5 Å². The van der Waals surface area contributed by atoms with Gasteiger partial charge >= 0.3 is 0 Å². The Labute approximate surface area is 168 Å². The van der Waals surface area contributed by atoms with Gasteiger partial charge in [0.1, 0.15) is 12.4 Å². The number of rotatable bonds is 7. The number of nitrogens with zero attached hydrogens (tertiary/aromatic N) is 2.